The van der Waals surface area contributed by atoms with E-state index in [0.29, 0.717) is 17.9 Å². The average Bonchev–Trinajstić information content (AvgIpc) is 2.31. The highest BCUT2D eigenvalue weighted by molar-refractivity contribution is 5.96. The van der Waals surface area contributed by atoms with Crippen LogP contribution in [-0.4, -0.2) is 11.8 Å². The van der Waals surface area contributed by atoms with Crippen LogP contribution in [0.1, 0.15) is 34.6 Å². The molecule has 0 fully saturated rings. The van der Waals surface area contributed by atoms with Gasteiger partial charge < -0.3 is 0 Å². The van der Waals surface area contributed by atoms with Crippen molar-refractivity contribution in [3.63, 3.8) is 0 Å². The first-order valence-electron chi connectivity index (χ1n) is 4.78. The van der Waals surface area contributed by atoms with Gasteiger partial charge in [0.05, 0.1) is 6.04 Å². The highest BCUT2D eigenvalue weighted by Crippen LogP contribution is 2.27. The maximum atomic E-state index is 4.61. The van der Waals surface area contributed by atoms with Gasteiger partial charge in [-0.1, -0.05) is 27.7 Å². The first-order valence-corrected chi connectivity index (χ1v) is 4.78. The lowest BCUT2D eigenvalue weighted by atomic mass is 9.90. The summed E-state index contributed by atoms with van der Waals surface area (Å²) >= 11 is 0. The van der Waals surface area contributed by atoms with Gasteiger partial charge in [0.2, 0.25) is 0 Å². The third kappa shape index (κ3) is 1.77. The fourth-order valence-corrected chi connectivity index (χ4v) is 1.70. The first kappa shape index (κ1) is 9.50. The maximum Gasteiger partial charge on any atom is 0.0741 e. The fraction of sp³-hybridized carbons (Fsp3) is 0.727. The minimum absolute atomic E-state index is 0.449. The molecule has 1 rings (SSSR count). The summed E-state index contributed by atoms with van der Waals surface area (Å²) in [6.45, 7) is 11.1. The first-order chi connectivity index (χ1) is 5.52. The van der Waals surface area contributed by atoms with Crippen molar-refractivity contribution in [1.82, 2.24) is 0 Å². The van der Waals surface area contributed by atoms with Gasteiger partial charge in [-0.2, -0.15) is 0 Å². The van der Waals surface area contributed by atoms with E-state index in [1.54, 1.807) is 0 Å². The number of rotatable bonds is 2. The molecule has 1 aliphatic heterocycles. The van der Waals surface area contributed by atoms with Crippen molar-refractivity contribution >= 4 is 5.71 Å². The van der Waals surface area contributed by atoms with Gasteiger partial charge >= 0.3 is 0 Å². The van der Waals surface area contributed by atoms with Gasteiger partial charge in [0.1, 0.15) is 0 Å². The Balaban J connectivity index is 2.82. The van der Waals surface area contributed by atoms with Gasteiger partial charge in [-0.15, -0.1) is 0 Å². The summed E-state index contributed by atoms with van der Waals surface area (Å²) in [5.41, 5.74) is 2.69. The van der Waals surface area contributed by atoms with Crippen LogP contribution in [0.3, 0.4) is 0 Å². The third-order valence-corrected chi connectivity index (χ3v) is 2.36. The number of aliphatic imine (C=N–C) groups is 1. The van der Waals surface area contributed by atoms with Crippen LogP contribution in [0.15, 0.2) is 16.6 Å². The van der Waals surface area contributed by atoms with Crippen molar-refractivity contribution in [2.45, 2.75) is 40.7 Å². The molecule has 68 valence electrons. The zero-order valence-corrected chi connectivity index (χ0v) is 8.76. The maximum absolute atomic E-state index is 4.61. The Labute approximate surface area is 75.6 Å². The highest BCUT2D eigenvalue weighted by atomic mass is 14.8. The number of hydrogen-bond acceptors (Lipinski definition) is 1. The second kappa shape index (κ2) is 3.42. The summed E-state index contributed by atoms with van der Waals surface area (Å²) in [6, 6.07) is 0.449. The van der Waals surface area contributed by atoms with E-state index in [0.717, 1.165) is 0 Å². The molecule has 12 heavy (non-hydrogen) atoms. The molecule has 1 heteroatoms. The smallest absolute Gasteiger partial charge is 0.0741 e. The van der Waals surface area contributed by atoms with Crippen molar-refractivity contribution < 1.29 is 0 Å². The molecule has 1 aliphatic rings. The molecule has 0 bridgehead atoms. The van der Waals surface area contributed by atoms with Gasteiger partial charge in [0.15, 0.2) is 0 Å². The summed E-state index contributed by atoms with van der Waals surface area (Å²) in [5.74, 6) is 1.27. The molecule has 0 saturated carbocycles. The van der Waals surface area contributed by atoms with E-state index in [1.807, 2.05) is 0 Å². The third-order valence-electron chi connectivity index (χ3n) is 2.36. The summed E-state index contributed by atoms with van der Waals surface area (Å²) in [4.78, 5) is 4.61. The van der Waals surface area contributed by atoms with Crippen molar-refractivity contribution in [2.24, 2.45) is 16.8 Å². The lowest BCUT2D eigenvalue weighted by molar-refractivity contribution is 0.517. The van der Waals surface area contributed by atoms with E-state index in [2.05, 4.69) is 45.7 Å². The monoisotopic (exact) mass is 165 g/mol. The molecule has 1 unspecified atom stereocenters. The SMILES string of the molecule is CC1=NC(C(C)C)C(C(C)C)=C1. The minimum Gasteiger partial charge on any atom is -0.282 e. The van der Waals surface area contributed by atoms with E-state index >= 15 is 0 Å². The van der Waals surface area contributed by atoms with Crippen LogP contribution in [0.25, 0.3) is 0 Å². The van der Waals surface area contributed by atoms with E-state index in [1.165, 1.54) is 11.3 Å². The van der Waals surface area contributed by atoms with Gasteiger partial charge in [-0.05, 0) is 30.4 Å². The molecular weight excluding hydrogens is 146 g/mol. The Kier molecular flexibility index (Phi) is 2.71. The quantitative estimate of drug-likeness (QED) is 0.596. The van der Waals surface area contributed by atoms with Crippen molar-refractivity contribution in [1.29, 1.82) is 0 Å². The van der Waals surface area contributed by atoms with Crippen LogP contribution in [-0.2, 0) is 0 Å². The van der Waals surface area contributed by atoms with Crippen LogP contribution >= 0.6 is 0 Å². The Bertz CT molecular complexity index is 221. The Morgan fingerprint density at radius 1 is 1.25 bits per heavy atom. The summed E-state index contributed by atoms with van der Waals surface area (Å²) in [6.07, 6.45) is 2.25. The van der Waals surface area contributed by atoms with Crippen LogP contribution in [0.2, 0.25) is 0 Å². The second-order valence-corrected chi connectivity index (χ2v) is 4.26. The molecule has 1 heterocycles. The minimum atomic E-state index is 0.449. The lowest BCUT2D eigenvalue weighted by Gasteiger charge is -2.19. The Morgan fingerprint density at radius 2 is 1.83 bits per heavy atom. The number of hydrogen-bond donors (Lipinski definition) is 0. The van der Waals surface area contributed by atoms with E-state index in [-0.39, 0.29) is 0 Å². The van der Waals surface area contributed by atoms with E-state index < -0.39 is 0 Å². The molecule has 0 N–H and O–H groups in total. The largest absolute Gasteiger partial charge is 0.282 e. The molecule has 1 atom stereocenters. The second-order valence-electron chi connectivity index (χ2n) is 4.26. The van der Waals surface area contributed by atoms with Crippen LogP contribution < -0.4 is 0 Å². The van der Waals surface area contributed by atoms with Gasteiger partial charge in [-0.25, -0.2) is 0 Å². The van der Waals surface area contributed by atoms with Crippen molar-refractivity contribution in [3.05, 3.63) is 11.6 Å². The summed E-state index contributed by atoms with van der Waals surface area (Å²) in [7, 11) is 0. The summed E-state index contributed by atoms with van der Waals surface area (Å²) in [5, 5.41) is 0. The molecule has 0 aromatic rings. The zero-order chi connectivity index (χ0) is 9.30. The molecular formula is C11H19N. The van der Waals surface area contributed by atoms with E-state index in [4.69, 9.17) is 0 Å². The highest BCUT2D eigenvalue weighted by Gasteiger charge is 2.23. The van der Waals surface area contributed by atoms with Crippen molar-refractivity contribution in [2.75, 3.05) is 0 Å². The summed E-state index contributed by atoms with van der Waals surface area (Å²) < 4.78 is 0. The predicted molar refractivity (Wildman–Crippen MR) is 54.7 cm³/mol. The normalized spacial score (nSPS) is 23.4. The molecule has 0 saturated heterocycles. The predicted octanol–water partition coefficient (Wildman–Crippen LogP) is 3.07. The number of nitrogens with zero attached hydrogens (tertiary/aromatic N) is 1. The molecule has 0 amide bonds. The molecule has 1 nitrogen and oxygen atoms in total. The fourth-order valence-electron chi connectivity index (χ4n) is 1.70. The average molecular weight is 165 g/mol. The van der Waals surface area contributed by atoms with Crippen LogP contribution in [0.5, 0.6) is 0 Å². The lowest BCUT2D eigenvalue weighted by Crippen LogP contribution is -2.16. The van der Waals surface area contributed by atoms with Gasteiger partial charge in [0, 0.05) is 5.71 Å². The van der Waals surface area contributed by atoms with Gasteiger partial charge in [0.25, 0.3) is 0 Å². The topological polar surface area (TPSA) is 12.4 Å². The molecule has 0 aliphatic carbocycles. The van der Waals surface area contributed by atoms with Crippen LogP contribution in [0, 0.1) is 11.8 Å². The molecule has 0 radical (unpaired) electrons. The zero-order valence-electron chi connectivity index (χ0n) is 8.76. The molecule has 0 aromatic heterocycles. The molecule has 0 spiro atoms. The van der Waals surface area contributed by atoms with Gasteiger partial charge in [-0.3, -0.25) is 4.99 Å². The standard InChI is InChI=1S/C11H19N/c1-7(2)10-6-9(5)12-11(10)8(3)4/h6-8,11H,1-5H3. The van der Waals surface area contributed by atoms with Crippen LogP contribution in [0.4, 0.5) is 0 Å². The Hall–Kier alpha value is -0.590. The number of allylic oxidation sites excluding steroid dienone is 1. The Morgan fingerprint density at radius 3 is 2.17 bits per heavy atom. The van der Waals surface area contributed by atoms with Crippen molar-refractivity contribution in [3.8, 4) is 0 Å². The van der Waals surface area contributed by atoms with E-state index in [9.17, 15) is 0 Å². The molecule has 0 aromatic carbocycles.